The number of amides is 2. The maximum absolute atomic E-state index is 13.7. The molecule has 2 saturated heterocycles. The van der Waals surface area contributed by atoms with Gasteiger partial charge in [-0.15, -0.1) is 0 Å². The fourth-order valence-electron chi connectivity index (χ4n) is 6.99. The maximum Gasteiger partial charge on any atom is 0.255 e. The van der Waals surface area contributed by atoms with Gasteiger partial charge in [-0.2, -0.15) is 0 Å². The summed E-state index contributed by atoms with van der Waals surface area (Å²) in [5, 5.41) is 16.8. The van der Waals surface area contributed by atoms with Gasteiger partial charge in [0, 0.05) is 37.8 Å². The summed E-state index contributed by atoms with van der Waals surface area (Å²) in [6.45, 7) is 1.14. The van der Waals surface area contributed by atoms with E-state index in [1.165, 1.54) is 6.26 Å². The lowest BCUT2D eigenvalue weighted by Crippen LogP contribution is -2.51. The third-order valence-electron chi connectivity index (χ3n) is 9.37. The molecule has 0 unspecified atom stereocenters. The number of nitrogens with zero attached hydrogens (tertiary/aromatic N) is 1. The molecule has 3 heterocycles. The number of likely N-dealkylation sites (tertiary alicyclic amines) is 1. The second kappa shape index (κ2) is 12.6. The van der Waals surface area contributed by atoms with Gasteiger partial charge < -0.3 is 25.2 Å². The quantitative estimate of drug-likeness (QED) is 0.483. The molecule has 1 aliphatic carbocycles. The monoisotopic (exact) mass is 611 g/mol. The van der Waals surface area contributed by atoms with E-state index in [0.29, 0.717) is 56.2 Å². The highest BCUT2D eigenvalue weighted by Crippen LogP contribution is 2.33. The number of aliphatic hydroxyl groups excluding tert-OH is 1. The molecule has 2 aromatic rings. The van der Waals surface area contributed by atoms with E-state index in [4.69, 9.17) is 9.47 Å². The first-order valence-electron chi connectivity index (χ1n) is 15.4. The number of ether oxygens (including phenoxy) is 2. The van der Waals surface area contributed by atoms with Gasteiger partial charge in [0.1, 0.15) is 11.9 Å². The molecule has 0 spiro atoms. The number of aliphatic hydroxyl groups is 1. The Hall–Kier alpha value is -2.99. The van der Waals surface area contributed by atoms with Crippen LogP contribution < -0.4 is 15.4 Å². The Bertz CT molecular complexity index is 1440. The normalized spacial score (nSPS) is 29.4. The SMILES string of the molecule is CS(=O)(=O)c1ccc(-c2ccc3c(c2)OCC[C@@H]2CC[C@H](O)[C@@H](CNC(=O)[C@@H]4C[C@@H](CN4C4CCCC4)NC3=O)O2)cc1. The molecular weight excluding hydrogens is 570 g/mol. The molecule has 4 bridgehead atoms. The first kappa shape index (κ1) is 30.1. The molecule has 6 rings (SSSR count). The summed E-state index contributed by atoms with van der Waals surface area (Å²) in [4.78, 5) is 29.6. The van der Waals surface area contributed by atoms with Crippen molar-refractivity contribution in [2.45, 2.75) is 92.7 Å². The summed E-state index contributed by atoms with van der Waals surface area (Å²) >= 11 is 0. The molecule has 3 N–H and O–H groups in total. The predicted octanol–water partition coefficient (Wildman–Crippen LogP) is 2.68. The number of fused-ring (bicyclic) bond motifs is 5. The molecule has 4 aliphatic rings. The number of sulfone groups is 1. The zero-order chi connectivity index (χ0) is 30.1. The third kappa shape index (κ3) is 6.74. The molecule has 10 nitrogen and oxygen atoms in total. The Balaban J connectivity index is 1.29. The van der Waals surface area contributed by atoms with Gasteiger partial charge in [0.2, 0.25) is 5.91 Å². The summed E-state index contributed by atoms with van der Waals surface area (Å²) in [6.07, 6.45) is 6.59. The van der Waals surface area contributed by atoms with E-state index in [9.17, 15) is 23.1 Å². The van der Waals surface area contributed by atoms with Crippen molar-refractivity contribution in [2.24, 2.45) is 0 Å². The molecule has 0 aromatic heterocycles. The van der Waals surface area contributed by atoms with Crippen LogP contribution in [0.2, 0.25) is 0 Å². The maximum atomic E-state index is 13.7. The number of nitrogens with one attached hydrogen (secondary N) is 2. The molecule has 43 heavy (non-hydrogen) atoms. The van der Waals surface area contributed by atoms with E-state index in [2.05, 4.69) is 15.5 Å². The van der Waals surface area contributed by atoms with E-state index in [0.717, 1.165) is 36.8 Å². The summed E-state index contributed by atoms with van der Waals surface area (Å²) < 4.78 is 36.3. The molecule has 1 saturated carbocycles. The molecule has 2 aromatic carbocycles. The van der Waals surface area contributed by atoms with Crippen molar-refractivity contribution < 1.29 is 32.6 Å². The van der Waals surface area contributed by atoms with Crippen molar-refractivity contribution in [2.75, 3.05) is 26.0 Å². The van der Waals surface area contributed by atoms with Gasteiger partial charge in [-0.1, -0.05) is 31.0 Å². The minimum absolute atomic E-state index is 0.0797. The van der Waals surface area contributed by atoms with E-state index in [1.807, 2.05) is 12.1 Å². The molecule has 5 atom stereocenters. The molecule has 0 radical (unpaired) electrons. The Kier molecular flexibility index (Phi) is 8.77. The second-order valence-electron chi connectivity index (χ2n) is 12.4. The first-order valence-corrected chi connectivity index (χ1v) is 17.3. The Morgan fingerprint density at radius 1 is 0.953 bits per heavy atom. The van der Waals surface area contributed by atoms with Crippen LogP contribution >= 0.6 is 0 Å². The van der Waals surface area contributed by atoms with Crippen LogP contribution in [-0.2, 0) is 19.4 Å². The Morgan fingerprint density at radius 2 is 1.70 bits per heavy atom. The minimum atomic E-state index is -3.32. The largest absolute Gasteiger partial charge is 0.493 e. The van der Waals surface area contributed by atoms with Crippen LogP contribution in [0.1, 0.15) is 61.7 Å². The smallest absolute Gasteiger partial charge is 0.255 e. The summed E-state index contributed by atoms with van der Waals surface area (Å²) in [5.41, 5.74) is 2.00. The Labute approximate surface area is 253 Å². The first-order chi connectivity index (χ1) is 20.7. The van der Waals surface area contributed by atoms with E-state index in [1.54, 1.807) is 30.3 Å². The van der Waals surface area contributed by atoms with Crippen LogP contribution in [-0.4, -0.2) is 92.6 Å². The highest BCUT2D eigenvalue weighted by molar-refractivity contribution is 7.90. The lowest BCUT2D eigenvalue weighted by atomic mass is 9.99. The highest BCUT2D eigenvalue weighted by Gasteiger charge is 2.42. The summed E-state index contributed by atoms with van der Waals surface area (Å²) in [7, 11) is -3.32. The predicted molar refractivity (Wildman–Crippen MR) is 161 cm³/mol. The van der Waals surface area contributed by atoms with Crippen molar-refractivity contribution in [3.05, 3.63) is 48.0 Å². The fraction of sp³-hybridized carbons (Fsp3) is 0.562. The molecule has 232 valence electrons. The average Bonchev–Trinajstić information content (AvgIpc) is 3.67. The van der Waals surface area contributed by atoms with Crippen LogP contribution in [0.3, 0.4) is 0 Å². The van der Waals surface area contributed by atoms with Gasteiger partial charge in [0.25, 0.3) is 5.91 Å². The van der Waals surface area contributed by atoms with Gasteiger partial charge in [0.15, 0.2) is 9.84 Å². The number of rotatable bonds is 3. The summed E-state index contributed by atoms with van der Waals surface area (Å²) in [5.74, 6) is 0.0983. The van der Waals surface area contributed by atoms with Gasteiger partial charge in [-0.25, -0.2) is 8.42 Å². The van der Waals surface area contributed by atoms with Crippen LogP contribution in [0.4, 0.5) is 0 Å². The van der Waals surface area contributed by atoms with Crippen molar-refractivity contribution >= 4 is 21.7 Å². The van der Waals surface area contributed by atoms with E-state index in [-0.39, 0.29) is 41.4 Å². The van der Waals surface area contributed by atoms with Crippen LogP contribution in [0.15, 0.2) is 47.4 Å². The molecule has 3 aliphatic heterocycles. The standard InChI is InChI=1S/C32H41N3O7S/c1-43(39,40)25-10-6-20(7-11-25)21-8-12-26-29(16-21)41-15-14-24-9-13-28(36)30(42-24)18-33-32(38)27-17-22(34-31(26)37)19-35(27)23-4-2-3-5-23/h6-8,10-12,16,22-24,27-28,30,36H,2-5,9,13-15,17-19H2,1H3,(H,33,38)(H,34,37)/t22-,24-,27-,28-,30+/m0/s1. The van der Waals surface area contributed by atoms with Gasteiger partial charge in [0.05, 0.1) is 35.3 Å². The second-order valence-corrected chi connectivity index (χ2v) is 14.4. The fourth-order valence-corrected chi connectivity index (χ4v) is 7.62. The van der Waals surface area contributed by atoms with Crippen LogP contribution in [0.25, 0.3) is 11.1 Å². The number of carbonyl (C=O) groups excluding carboxylic acids is 2. The molecular formula is C32H41N3O7S. The zero-order valence-corrected chi connectivity index (χ0v) is 25.4. The minimum Gasteiger partial charge on any atom is -0.493 e. The highest BCUT2D eigenvalue weighted by atomic mass is 32.2. The van der Waals surface area contributed by atoms with Crippen molar-refractivity contribution in [3.8, 4) is 16.9 Å². The van der Waals surface area contributed by atoms with Crippen molar-refractivity contribution in [1.29, 1.82) is 0 Å². The van der Waals surface area contributed by atoms with E-state index >= 15 is 0 Å². The van der Waals surface area contributed by atoms with Crippen molar-refractivity contribution in [1.82, 2.24) is 15.5 Å². The number of benzene rings is 2. The third-order valence-corrected chi connectivity index (χ3v) is 10.5. The Morgan fingerprint density at radius 3 is 2.44 bits per heavy atom. The molecule has 3 fully saturated rings. The molecule has 11 heteroatoms. The lowest BCUT2D eigenvalue weighted by Gasteiger charge is -2.35. The van der Waals surface area contributed by atoms with Crippen LogP contribution in [0.5, 0.6) is 5.75 Å². The zero-order valence-electron chi connectivity index (χ0n) is 24.5. The van der Waals surface area contributed by atoms with Crippen LogP contribution in [0, 0.1) is 0 Å². The number of hydrogen-bond acceptors (Lipinski definition) is 8. The van der Waals surface area contributed by atoms with Gasteiger partial charge >= 0.3 is 0 Å². The average molecular weight is 612 g/mol. The van der Waals surface area contributed by atoms with Gasteiger partial charge in [-0.3, -0.25) is 14.5 Å². The number of carbonyl (C=O) groups is 2. The van der Waals surface area contributed by atoms with Gasteiger partial charge in [-0.05, 0) is 67.5 Å². The summed E-state index contributed by atoms with van der Waals surface area (Å²) in [6, 6.07) is 11.8. The van der Waals surface area contributed by atoms with E-state index < -0.39 is 22.0 Å². The number of hydrogen-bond donors (Lipinski definition) is 3. The topological polar surface area (TPSA) is 134 Å². The lowest BCUT2D eigenvalue weighted by molar-refractivity contribution is -0.134. The van der Waals surface area contributed by atoms with Crippen molar-refractivity contribution in [3.63, 3.8) is 0 Å². The molecule has 2 amide bonds.